The molecule has 0 atom stereocenters. The van der Waals surface area contributed by atoms with Gasteiger partial charge in [-0.15, -0.1) is 0 Å². The molecular weight excluding hydrogens is 254 g/mol. The zero-order chi connectivity index (χ0) is 15.1. The van der Waals surface area contributed by atoms with Crippen LogP contribution in [-0.2, 0) is 23.8 Å². The lowest BCUT2D eigenvalue weighted by Crippen LogP contribution is -2.35. The minimum Gasteiger partial charge on any atom is -0.468 e. The number of carbonyl (C=O) groups excluding carboxylic acids is 3. The van der Waals surface area contributed by atoms with Crippen molar-refractivity contribution in [3.8, 4) is 0 Å². The van der Waals surface area contributed by atoms with Crippen LogP contribution in [0.2, 0.25) is 0 Å². The third-order valence-electron chi connectivity index (χ3n) is 2.07. The van der Waals surface area contributed by atoms with Gasteiger partial charge in [-0.2, -0.15) is 0 Å². The molecule has 0 saturated carbocycles. The highest BCUT2D eigenvalue weighted by molar-refractivity contribution is 5.94. The van der Waals surface area contributed by atoms with Crippen molar-refractivity contribution in [2.24, 2.45) is 5.92 Å². The van der Waals surface area contributed by atoms with Crippen LogP contribution in [0.15, 0.2) is 0 Å². The van der Waals surface area contributed by atoms with Crippen LogP contribution in [-0.4, -0.2) is 44.4 Å². The maximum atomic E-state index is 11.4. The molecule has 0 heterocycles. The predicted octanol–water partition coefficient (Wildman–Crippen LogP) is 0.863. The summed E-state index contributed by atoms with van der Waals surface area (Å²) in [6, 6.07) is 0. The summed E-state index contributed by atoms with van der Waals surface area (Å²) < 4.78 is 14.0. The third kappa shape index (κ3) is 7.28. The molecule has 0 aliphatic heterocycles. The normalized spacial score (nSPS) is 10.8. The number of nitrogens with one attached hydrogen (secondary N) is 1. The molecule has 0 aliphatic rings. The highest BCUT2D eigenvalue weighted by atomic mass is 16.6. The zero-order valence-electron chi connectivity index (χ0n) is 11.9. The number of alkyl carbamates (subject to hydrolysis) is 1. The van der Waals surface area contributed by atoms with Gasteiger partial charge in [-0.25, -0.2) is 4.79 Å². The van der Waals surface area contributed by atoms with E-state index in [4.69, 9.17) is 4.74 Å². The highest BCUT2D eigenvalue weighted by Gasteiger charge is 2.28. The van der Waals surface area contributed by atoms with E-state index in [1.807, 2.05) is 0 Å². The molecule has 0 rings (SSSR count). The zero-order valence-corrected chi connectivity index (χ0v) is 11.9. The monoisotopic (exact) mass is 275 g/mol. The van der Waals surface area contributed by atoms with Gasteiger partial charge in [0.05, 0.1) is 14.2 Å². The first-order chi connectivity index (χ1) is 8.71. The number of carbonyl (C=O) groups is 3. The molecular formula is C12H21NO6. The third-order valence-corrected chi connectivity index (χ3v) is 2.07. The summed E-state index contributed by atoms with van der Waals surface area (Å²) in [6.07, 6.45) is -0.528. The summed E-state index contributed by atoms with van der Waals surface area (Å²) in [5.74, 6) is -2.44. The van der Waals surface area contributed by atoms with Crippen LogP contribution in [0.5, 0.6) is 0 Å². The fourth-order valence-corrected chi connectivity index (χ4v) is 1.25. The second-order valence-electron chi connectivity index (χ2n) is 4.82. The number of esters is 2. The van der Waals surface area contributed by atoms with Crippen molar-refractivity contribution in [2.75, 3.05) is 20.8 Å². The molecule has 0 saturated heterocycles. The summed E-state index contributed by atoms with van der Waals surface area (Å²) in [7, 11) is 2.36. The van der Waals surface area contributed by atoms with Crippen molar-refractivity contribution >= 4 is 18.0 Å². The van der Waals surface area contributed by atoms with E-state index in [2.05, 4.69) is 14.8 Å². The fourth-order valence-electron chi connectivity index (χ4n) is 1.25. The van der Waals surface area contributed by atoms with E-state index in [-0.39, 0.29) is 13.0 Å². The molecule has 110 valence electrons. The Balaban J connectivity index is 4.24. The van der Waals surface area contributed by atoms with Crippen LogP contribution >= 0.6 is 0 Å². The van der Waals surface area contributed by atoms with Crippen LogP contribution in [0.3, 0.4) is 0 Å². The van der Waals surface area contributed by atoms with Crippen molar-refractivity contribution in [1.82, 2.24) is 5.32 Å². The first-order valence-electron chi connectivity index (χ1n) is 5.83. The topological polar surface area (TPSA) is 90.9 Å². The fraction of sp³-hybridized carbons (Fsp3) is 0.750. The van der Waals surface area contributed by atoms with E-state index >= 15 is 0 Å². The summed E-state index contributed by atoms with van der Waals surface area (Å²) in [6.45, 7) is 5.30. The number of hydrogen-bond donors (Lipinski definition) is 1. The molecule has 0 aliphatic carbocycles. The predicted molar refractivity (Wildman–Crippen MR) is 66.4 cm³/mol. The van der Waals surface area contributed by atoms with Gasteiger partial charge in [0.2, 0.25) is 0 Å². The highest BCUT2D eigenvalue weighted by Crippen LogP contribution is 2.09. The van der Waals surface area contributed by atoms with Crippen molar-refractivity contribution < 1.29 is 28.6 Å². The van der Waals surface area contributed by atoms with Gasteiger partial charge >= 0.3 is 18.0 Å². The Morgan fingerprint density at radius 3 is 1.89 bits per heavy atom. The second-order valence-corrected chi connectivity index (χ2v) is 4.82. The van der Waals surface area contributed by atoms with E-state index in [9.17, 15) is 14.4 Å². The van der Waals surface area contributed by atoms with Gasteiger partial charge in [-0.1, -0.05) is 0 Å². The second kappa shape index (κ2) is 7.60. The Morgan fingerprint density at radius 2 is 1.53 bits per heavy atom. The Kier molecular flexibility index (Phi) is 6.89. The lowest BCUT2D eigenvalue weighted by molar-refractivity contribution is -0.159. The molecule has 1 N–H and O–H groups in total. The van der Waals surface area contributed by atoms with E-state index < -0.39 is 29.6 Å². The lowest BCUT2D eigenvalue weighted by Gasteiger charge is -2.20. The van der Waals surface area contributed by atoms with E-state index in [0.29, 0.717) is 0 Å². The van der Waals surface area contributed by atoms with Crippen LogP contribution in [0, 0.1) is 5.92 Å². The number of ether oxygens (including phenoxy) is 3. The van der Waals surface area contributed by atoms with E-state index in [1.165, 1.54) is 14.2 Å². The lowest BCUT2D eigenvalue weighted by atomic mass is 10.1. The minimum atomic E-state index is -1.05. The molecule has 0 aromatic carbocycles. The molecule has 7 heteroatoms. The van der Waals surface area contributed by atoms with Crippen LogP contribution in [0.4, 0.5) is 4.79 Å². The Labute approximate surface area is 112 Å². The number of rotatable bonds is 5. The standard InChI is InChI=1S/C12H21NO6/c1-12(2,3)19-11(16)13-7-6-8(9(14)17-4)10(15)18-5/h8H,6-7H2,1-5H3,(H,13,16). The van der Waals surface area contributed by atoms with Gasteiger partial charge in [-0.05, 0) is 27.2 Å². The smallest absolute Gasteiger partial charge is 0.407 e. The molecule has 1 amide bonds. The SMILES string of the molecule is COC(=O)C(CCNC(=O)OC(C)(C)C)C(=O)OC. The molecule has 0 radical (unpaired) electrons. The largest absolute Gasteiger partial charge is 0.468 e. The molecule has 7 nitrogen and oxygen atoms in total. The molecule has 19 heavy (non-hydrogen) atoms. The van der Waals surface area contributed by atoms with Gasteiger partial charge in [0.1, 0.15) is 5.60 Å². The number of amides is 1. The Bertz CT molecular complexity index is 318. The van der Waals surface area contributed by atoms with Gasteiger partial charge in [-0.3, -0.25) is 9.59 Å². The van der Waals surface area contributed by atoms with Crippen LogP contribution in [0.1, 0.15) is 27.2 Å². The Morgan fingerprint density at radius 1 is 1.05 bits per heavy atom. The molecule has 0 aromatic rings. The average Bonchev–Trinajstić information content (AvgIpc) is 2.30. The number of methoxy groups -OCH3 is 2. The summed E-state index contributed by atoms with van der Waals surface area (Å²) in [4.78, 5) is 34.1. The van der Waals surface area contributed by atoms with Crippen molar-refractivity contribution in [3.05, 3.63) is 0 Å². The quantitative estimate of drug-likeness (QED) is 0.454. The molecule has 0 aromatic heterocycles. The summed E-state index contributed by atoms with van der Waals surface area (Å²) in [5, 5.41) is 2.45. The van der Waals surface area contributed by atoms with Gasteiger partial charge in [0.15, 0.2) is 5.92 Å². The van der Waals surface area contributed by atoms with Gasteiger partial charge < -0.3 is 19.5 Å². The first-order valence-corrected chi connectivity index (χ1v) is 5.83. The molecule has 0 fully saturated rings. The van der Waals surface area contributed by atoms with Gasteiger partial charge in [0.25, 0.3) is 0 Å². The number of hydrogen-bond acceptors (Lipinski definition) is 6. The molecule has 0 unspecified atom stereocenters. The minimum absolute atomic E-state index is 0.0819. The average molecular weight is 275 g/mol. The molecule has 0 bridgehead atoms. The van der Waals surface area contributed by atoms with Crippen LogP contribution < -0.4 is 5.32 Å². The maximum absolute atomic E-state index is 11.4. The summed E-state index contributed by atoms with van der Waals surface area (Å²) >= 11 is 0. The summed E-state index contributed by atoms with van der Waals surface area (Å²) in [5.41, 5.74) is -0.603. The maximum Gasteiger partial charge on any atom is 0.407 e. The van der Waals surface area contributed by atoms with Gasteiger partial charge in [0, 0.05) is 6.54 Å². The van der Waals surface area contributed by atoms with Crippen molar-refractivity contribution in [2.45, 2.75) is 32.8 Å². The van der Waals surface area contributed by atoms with E-state index in [1.54, 1.807) is 20.8 Å². The first kappa shape index (κ1) is 17.2. The van der Waals surface area contributed by atoms with Crippen LogP contribution in [0.25, 0.3) is 0 Å². The molecule has 0 spiro atoms. The van der Waals surface area contributed by atoms with Crippen molar-refractivity contribution in [1.29, 1.82) is 0 Å². The van der Waals surface area contributed by atoms with E-state index in [0.717, 1.165) is 0 Å². The van der Waals surface area contributed by atoms with Crippen molar-refractivity contribution in [3.63, 3.8) is 0 Å². The Hall–Kier alpha value is -1.79.